The van der Waals surface area contributed by atoms with Gasteiger partial charge in [0, 0.05) is 16.8 Å². The molecule has 1 aromatic carbocycles. The van der Waals surface area contributed by atoms with Crippen molar-refractivity contribution in [2.45, 2.75) is 0 Å². The lowest BCUT2D eigenvalue weighted by Gasteiger charge is -1.97. The van der Waals surface area contributed by atoms with Gasteiger partial charge in [0.25, 0.3) is 0 Å². The molecule has 0 saturated carbocycles. The van der Waals surface area contributed by atoms with E-state index in [4.69, 9.17) is 16.6 Å². The molecule has 0 atom stereocenters. The number of carboxylic acids is 1. The van der Waals surface area contributed by atoms with Crippen LogP contribution in [0.1, 0.15) is 9.67 Å². The van der Waals surface area contributed by atoms with E-state index >= 15 is 0 Å². The van der Waals surface area contributed by atoms with Gasteiger partial charge in [0.15, 0.2) is 0 Å². The summed E-state index contributed by atoms with van der Waals surface area (Å²) >= 11 is 1.14. The van der Waals surface area contributed by atoms with Gasteiger partial charge in [-0.25, -0.2) is 4.79 Å². The predicted octanol–water partition coefficient (Wildman–Crippen LogP) is 1.76. The van der Waals surface area contributed by atoms with Gasteiger partial charge in [-0.05, 0) is 18.2 Å². The molecule has 0 bridgehead atoms. The van der Waals surface area contributed by atoms with E-state index in [2.05, 4.69) is 0 Å². The molecular formula is C9H8N2O2S. The van der Waals surface area contributed by atoms with Crippen LogP contribution in [-0.2, 0) is 0 Å². The van der Waals surface area contributed by atoms with E-state index in [1.54, 1.807) is 18.2 Å². The first-order valence-corrected chi connectivity index (χ1v) is 4.72. The van der Waals surface area contributed by atoms with Crippen molar-refractivity contribution in [3.8, 4) is 0 Å². The van der Waals surface area contributed by atoms with Crippen LogP contribution >= 0.6 is 11.3 Å². The standard InChI is InChI=1S/C9H8N2O2S/c10-5-1-2-6(11)8-4(5)3-7(14-8)9(12)13/h1-3H,10-11H2,(H,12,13). The second-order valence-corrected chi connectivity index (χ2v) is 3.95. The summed E-state index contributed by atoms with van der Waals surface area (Å²) in [6.07, 6.45) is 0. The van der Waals surface area contributed by atoms with Crippen LogP contribution < -0.4 is 11.5 Å². The van der Waals surface area contributed by atoms with Crippen LogP contribution in [0.25, 0.3) is 10.1 Å². The average Bonchev–Trinajstić information content (AvgIpc) is 2.57. The number of aromatic carboxylic acids is 1. The first kappa shape index (κ1) is 8.83. The second-order valence-electron chi connectivity index (χ2n) is 2.90. The smallest absolute Gasteiger partial charge is 0.345 e. The zero-order valence-electron chi connectivity index (χ0n) is 7.15. The Morgan fingerprint density at radius 1 is 1.29 bits per heavy atom. The Bertz CT molecular complexity index is 480. The number of fused-ring (bicyclic) bond motifs is 1. The number of carbonyl (C=O) groups is 1. The third kappa shape index (κ3) is 1.18. The Labute approximate surface area is 83.8 Å². The minimum Gasteiger partial charge on any atom is -0.477 e. The molecule has 5 N–H and O–H groups in total. The fraction of sp³-hybridized carbons (Fsp3) is 0. The summed E-state index contributed by atoms with van der Waals surface area (Å²) in [6, 6.07) is 4.91. The van der Waals surface area contributed by atoms with Gasteiger partial charge >= 0.3 is 5.97 Å². The van der Waals surface area contributed by atoms with Crippen LogP contribution in [0.2, 0.25) is 0 Å². The monoisotopic (exact) mass is 208 g/mol. The van der Waals surface area contributed by atoms with Crippen molar-refractivity contribution in [1.82, 2.24) is 0 Å². The minimum atomic E-state index is -0.954. The van der Waals surface area contributed by atoms with E-state index in [1.165, 1.54) is 0 Å². The highest BCUT2D eigenvalue weighted by Gasteiger charge is 2.11. The predicted molar refractivity (Wildman–Crippen MR) is 57.6 cm³/mol. The third-order valence-electron chi connectivity index (χ3n) is 1.96. The quantitative estimate of drug-likeness (QED) is 0.623. The molecule has 0 spiro atoms. The molecule has 4 nitrogen and oxygen atoms in total. The lowest BCUT2D eigenvalue weighted by atomic mass is 10.2. The maximum Gasteiger partial charge on any atom is 0.345 e. The van der Waals surface area contributed by atoms with Gasteiger partial charge in [-0.3, -0.25) is 0 Å². The molecule has 0 unspecified atom stereocenters. The van der Waals surface area contributed by atoms with Gasteiger partial charge in [0.1, 0.15) is 4.88 Å². The van der Waals surface area contributed by atoms with Crippen molar-refractivity contribution in [1.29, 1.82) is 0 Å². The van der Waals surface area contributed by atoms with Gasteiger partial charge in [0.05, 0.1) is 4.70 Å². The fourth-order valence-electron chi connectivity index (χ4n) is 1.27. The molecule has 14 heavy (non-hydrogen) atoms. The summed E-state index contributed by atoms with van der Waals surface area (Å²) in [6.45, 7) is 0. The van der Waals surface area contributed by atoms with Crippen LogP contribution in [0.5, 0.6) is 0 Å². The molecule has 2 aromatic rings. The number of hydrogen-bond donors (Lipinski definition) is 3. The van der Waals surface area contributed by atoms with Gasteiger partial charge in [0.2, 0.25) is 0 Å². The lowest BCUT2D eigenvalue weighted by Crippen LogP contribution is -1.90. The Morgan fingerprint density at radius 3 is 2.50 bits per heavy atom. The number of nitrogen functional groups attached to an aromatic ring is 2. The molecule has 0 amide bonds. The highest BCUT2D eigenvalue weighted by atomic mass is 32.1. The average molecular weight is 208 g/mol. The zero-order chi connectivity index (χ0) is 10.3. The summed E-state index contributed by atoms with van der Waals surface area (Å²) in [5.41, 5.74) is 12.5. The topological polar surface area (TPSA) is 89.3 Å². The Kier molecular flexibility index (Phi) is 1.82. The van der Waals surface area contributed by atoms with E-state index in [9.17, 15) is 4.79 Å². The maximum atomic E-state index is 10.7. The van der Waals surface area contributed by atoms with E-state index in [0.29, 0.717) is 16.8 Å². The third-order valence-corrected chi connectivity index (χ3v) is 3.13. The summed E-state index contributed by atoms with van der Waals surface area (Å²) in [5.74, 6) is -0.954. The lowest BCUT2D eigenvalue weighted by molar-refractivity contribution is 0.0702. The SMILES string of the molecule is Nc1ccc(N)c2sc(C(=O)O)cc12. The van der Waals surface area contributed by atoms with E-state index in [-0.39, 0.29) is 4.88 Å². The van der Waals surface area contributed by atoms with Crippen molar-refractivity contribution < 1.29 is 9.90 Å². The Hall–Kier alpha value is -1.75. The largest absolute Gasteiger partial charge is 0.477 e. The van der Waals surface area contributed by atoms with Crippen molar-refractivity contribution in [3.05, 3.63) is 23.1 Å². The fourth-order valence-corrected chi connectivity index (χ4v) is 2.23. The zero-order valence-corrected chi connectivity index (χ0v) is 7.97. The molecule has 0 aliphatic rings. The van der Waals surface area contributed by atoms with Crippen LogP contribution in [0.4, 0.5) is 11.4 Å². The molecule has 1 aromatic heterocycles. The number of rotatable bonds is 1. The second kappa shape index (κ2) is 2.88. The highest BCUT2D eigenvalue weighted by Crippen LogP contribution is 2.34. The van der Waals surface area contributed by atoms with Crippen molar-refractivity contribution in [3.63, 3.8) is 0 Å². The summed E-state index contributed by atoms with van der Waals surface area (Å²) in [5, 5.41) is 9.51. The Morgan fingerprint density at radius 2 is 1.93 bits per heavy atom. The highest BCUT2D eigenvalue weighted by molar-refractivity contribution is 7.21. The number of benzene rings is 1. The Balaban J connectivity index is 2.82. The van der Waals surface area contributed by atoms with E-state index in [1.807, 2.05) is 0 Å². The summed E-state index contributed by atoms with van der Waals surface area (Å²) in [4.78, 5) is 11.0. The van der Waals surface area contributed by atoms with Crippen LogP contribution in [-0.4, -0.2) is 11.1 Å². The molecule has 0 radical (unpaired) electrons. The number of carboxylic acid groups (broad SMARTS) is 1. The number of nitrogens with two attached hydrogens (primary N) is 2. The first-order valence-electron chi connectivity index (χ1n) is 3.90. The molecule has 0 aliphatic carbocycles. The van der Waals surface area contributed by atoms with Crippen molar-refractivity contribution in [2.24, 2.45) is 0 Å². The maximum absolute atomic E-state index is 10.7. The van der Waals surface area contributed by atoms with Crippen molar-refractivity contribution in [2.75, 3.05) is 11.5 Å². The van der Waals surface area contributed by atoms with E-state index in [0.717, 1.165) is 16.0 Å². The summed E-state index contributed by atoms with van der Waals surface area (Å²) < 4.78 is 0.738. The number of hydrogen-bond acceptors (Lipinski definition) is 4. The molecule has 0 saturated heterocycles. The van der Waals surface area contributed by atoms with Crippen molar-refractivity contribution >= 4 is 38.8 Å². The first-order chi connectivity index (χ1) is 6.59. The van der Waals surface area contributed by atoms with Gasteiger partial charge < -0.3 is 16.6 Å². The van der Waals surface area contributed by atoms with E-state index < -0.39 is 5.97 Å². The number of anilines is 2. The van der Waals surface area contributed by atoms with Crippen LogP contribution in [0.3, 0.4) is 0 Å². The van der Waals surface area contributed by atoms with Gasteiger partial charge in [-0.1, -0.05) is 0 Å². The molecule has 0 aliphatic heterocycles. The van der Waals surface area contributed by atoms with Gasteiger partial charge in [-0.2, -0.15) is 0 Å². The summed E-state index contributed by atoms with van der Waals surface area (Å²) in [7, 11) is 0. The molecule has 0 fully saturated rings. The van der Waals surface area contributed by atoms with Crippen LogP contribution in [0, 0.1) is 0 Å². The number of thiophene rings is 1. The molecule has 5 heteroatoms. The normalized spacial score (nSPS) is 10.6. The van der Waals surface area contributed by atoms with Gasteiger partial charge in [-0.15, -0.1) is 11.3 Å². The minimum absolute atomic E-state index is 0.254. The molecule has 1 heterocycles. The molecule has 72 valence electrons. The van der Waals surface area contributed by atoms with Crippen LogP contribution in [0.15, 0.2) is 18.2 Å². The molecular weight excluding hydrogens is 200 g/mol. The molecule has 2 rings (SSSR count).